The van der Waals surface area contributed by atoms with Crippen LogP contribution in [0.15, 0.2) is 24.3 Å². The first-order valence-electron chi connectivity index (χ1n) is 6.36. The van der Waals surface area contributed by atoms with Crippen molar-refractivity contribution >= 4 is 11.8 Å². The van der Waals surface area contributed by atoms with Gasteiger partial charge in [-0.1, -0.05) is 26.0 Å². The van der Waals surface area contributed by atoms with Gasteiger partial charge in [0.15, 0.2) is 0 Å². The molecule has 1 aromatic rings. The molecule has 0 bridgehead atoms. The number of carbonyl (C=O) groups excluding carboxylic acids is 2. The number of hydrogen-bond donors (Lipinski definition) is 2. The summed E-state index contributed by atoms with van der Waals surface area (Å²) in [6.07, 6.45) is -4.52. The first kappa shape index (κ1) is 17.0. The van der Waals surface area contributed by atoms with E-state index < -0.39 is 29.6 Å². The Morgan fingerprint density at radius 2 is 1.71 bits per heavy atom. The second-order valence-electron chi connectivity index (χ2n) is 5.06. The number of halogens is 3. The fourth-order valence-electron chi connectivity index (χ4n) is 1.79. The Balaban J connectivity index is 2.69. The summed E-state index contributed by atoms with van der Waals surface area (Å²) in [5, 5.41) is 2.47. The average Bonchev–Trinajstić information content (AvgIpc) is 2.34. The molecule has 0 spiro atoms. The van der Waals surface area contributed by atoms with Gasteiger partial charge in [-0.3, -0.25) is 9.59 Å². The lowest BCUT2D eigenvalue weighted by molar-refractivity contribution is -0.137. The van der Waals surface area contributed by atoms with E-state index in [4.69, 9.17) is 5.73 Å². The van der Waals surface area contributed by atoms with Crippen molar-refractivity contribution in [1.29, 1.82) is 0 Å². The van der Waals surface area contributed by atoms with E-state index in [9.17, 15) is 22.8 Å². The maximum absolute atomic E-state index is 12.4. The van der Waals surface area contributed by atoms with Crippen LogP contribution in [0.5, 0.6) is 0 Å². The van der Waals surface area contributed by atoms with E-state index in [-0.39, 0.29) is 12.3 Å². The van der Waals surface area contributed by atoms with E-state index in [2.05, 4.69) is 5.32 Å². The molecule has 0 fully saturated rings. The summed E-state index contributed by atoms with van der Waals surface area (Å²) in [5.41, 5.74) is 4.82. The molecule has 0 saturated carbocycles. The third-order valence-electron chi connectivity index (χ3n) is 2.94. The van der Waals surface area contributed by atoms with Crippen LogP contribution in [-0.2, 0) is 22.2 Å². The van der Waals surface area contributed by atoms with Crippen LogP contribution in [0.4, 0.5) is 13.2 Å². The van der Waals surface area contributed by atoms with Gasteiger partial charge in [-0.25, -0.2) is 0 Å². The Morgan fingerprint density at radius 1 is 1.19 bits per heavy atom. The molecule has 4 nitrogen and oxygen atoms in total. The molecule has 21 heavy (non-hydrogen) atoms. The number of amides is 2. The highest BCUT2D eigenvalue weighted by atomic mass is 19.4. The van der Waals surface area contributed by atoms with Gasteiger partial charge in [0.2, 0.25) is 11.8 Å². The molecule has 116 valence electrons. The second kappa shape index (κ2) is 6.60. The molecular formula is C14H17F3N2O2. The summed E-state index contributed by atoms with van der Waals surface area (Å²) in [4.78, 5) is 22.9. The molecule has 1 atom stereocenters. The van der Waals surface area contributed by atoms with Crippen LogP contribution in [0.2, 0.25) is 0 Å². The molecule has 1 aromatic carbocycles. The van der Waals surface area contributed by atoms with Crippen LogP contribution in [0.3, 0.4) is 0 Å². The molecule has 0 saturated heterocycles. The van der Waals surface area contributed by atoms with E-state index >= 15 is 0 Å². The van der Waals surface area contributed by atoms with Gasteiger partial charge in [0.1, 0.15) is 6.04 Å². The lowest BCUT2D eigenvalue weighted by atomic mass is 10.0. The minimum Gasteiger partial charge on any atom is -0.368 e. The predicted octanol–water partition coefficient (Wildman–Crippen LogP) is 1.87. The van der Waals surface area contributed by atoms with Crippen molar-refractivity contribution in [2.24, 2.45) is 11.7 Å². The number of rotatable bonds is 5. The van der Waals surface area contributed by atoms with Crippen LogP contribution < -0.4 is 11.1 Å². The lowest BCUT2D eigenvalue weighted by Gasteiger charge is -2.19. The second-order valence-corrected chi connectivity index (χ2v) is 5.06. The van der Waals surface area contributed by atoms with E-state index in [1.165, 1.54) is 12.1 Å². The maximum atomic E-state index is 12.4. The molecule has 0 aliphatic carbocycles. The molecule has 7 heteroatoms. The first-order valence-corrected chi connectivity index (χ1v) is 6.36. The van der Waals surface area contributed by atoms with Gasteiger partial charge in [-0.2, -0.15) is 13.2 Å². The number of nitrogens with one attached hydrogen (secondary N) is 1. The number of hydrogen-bond acceptors (Lipinski definition) is 2. The minimum atomic E-state index is -4.41. The van der Waals surface area contributed by atoms with Crippen molar-refractivity contribution in [1.82, 2.24) is 5.32 Å². The van der Waals surface area contributed by atoms with Crippen molar-refractivity contribution in [3.8, 4) is 0 Å². The molecule has 1 rings (SSSR count). The summed E-state index contributed by atoms with van der Waals surface area (Å²) >= 11 is 0. The van der Waals surface area contributed by atoms with Gasteiger partial charge in [0, 0.05) is 0 Å². The van der Waals surface area contributed by atoms with Crippen molar-refractivity contribution in [3.63, 3.8) is 0 Å². The fourth-order valence-corrected chi connectivity index (χ4v) is 1.79. The Hall–Kier alpha value is -2.05. The number of alkyl halides is 3. The van der Waals surface area contributed by atoms with Crippen LogP contribution in [0.1, 0.15) is 25.0 Å². The summed E-state index contributed by atoms with van der Waals surface area (Å²) in [6, 6.07) is 3.49. The van der Waals surface area contributed by atoms with Gasteiger partial charge in [-0.15, -0.1) is 0 Å². The van der Waals surface area contributed by atoms with Gasteiger partial charge < -0.3 is 11.1 Å². The quantitative estimate of drug-likeness (QED) is 0.871. The van der Waals surface area contributed by atoms with Gasteiger partial charge >= 0.3 is 6.18 Å². The third kappa shape index (κ3) is 5.09. The Kier molecular flexibility index (Phi) is 5.34. The highest BCUT2D eigenvalue weighted by molar-refractivity contribution is 5.87. The zero-order valence-electron chi connectivity index (χ0n) is 11.7. The van der Waals surface area contributed by atoms with E-state index in [0.717, 1.165) is 12.1 Å². The van der Waals surface area contributed by atoms with Crippen LogP contribution in [0, 0.1) is 5.92 Å². The average molecular weight is 302 g/mol. The van der Waals surface area contributed by atoms with Crippen molar-refractivity contribution in [3.05, 3.63) is 35.4 Å². The Morgan fingerprint density at radius 3 is 2.10 bits per heavy atom. The van der Waals surface area contributed by atoms with Crippen LogP contribution in [-0.4, -0.2) is 17.9 Å². The Bertz CT molecular complexity index is 510. The Labute approximate surface area is 120 Å². The molecule has 0 radical (unpaired) electrons. The lowest BCUT2D eigenvalue weighted by Crippen LogP contribution is -2.48. The van der Waals surface area contributed by atoms with Crippen molar-refractivity contribution in [2.75, 3.05) is 0 Å². The van der Waals surface area contributed by atoms with Gasteiger partial charge in [0.25, 0.3) is 0 Å². The molecule has 0 aliphatic heterocycles. The molecule has 3 N–H and O–H groups in total. The van der Waals surface area contributed by atoms with E-state index in [0.29, 0.717) is 5.56 Å². The van der Waals surface area contributed by atoms with E-state index in [1.54, 1.807) is 13.8 Å². The highest BCUT2D eigenvalue weighted by Crippen LogP contribution is 2.29. The molecule has 0 aliphatic rings. The minimum absolute atomic E-state index is 0.116. The standard InChI is InChI=1S/C14H17F3N2O2/c1-8(2)12(13(18)21)19-11(20)7-9-3-5-10(6-4-9)14(15,16)17/h3-6,8,12H,7H2,1-2H3,(H2,18,21)(H,19,20)/t12-/m0/s1. The molecular weight excluding hydrogens is 285 g/mol. The predicted molar refractivity (Wildman–Crippen MR) is 71.1 cm³/mol. The molecule has 0 heterocycles. The number of primary amides is 1. The largest absolute Gasteiger partial charge is 0.416 e. The van der Waals surface area contributed by atoms with Crippen molar-refractivity contribution in [2.45, 2.75) is 32.5 Å². The normalized spacial score (nSPS) is 13.0. The first-order chi connectivity index (χ1) is 9.61. The third-order valence-corrected chi connectivity index (χ3v) is 2.94. The topological polar surface area (TPSA) is 72.2 Å². The van der Waals surface area contributed by atoms with Gasteiger partial charge in [-0.05, 0) is 23.6 Å². The van der Waals surface area contributed by atoms with Crippen LogP contribution >= 0.6 is 0 Å². The molecule has 2 amide bonds. The van der Waals surface area contributed by atoms with Crippen LogP contribution in [0.25, 0.3) is 0 Å². The number of benzene rings is 1. The van der Waals surface area contributed by atoms with E-state index in [1.807, 2.05) is 0 Å². The summed E-state index contributed by atoms with van der Waals surface area (Å²) in [6.45, 7) is 3.46. The summed E-state index contributed by atoms with van der Waals surface area (Å²) < 4.78 is 37.2. The maximum Gasteiger partial charge on any atom is 0.416 e. The fraction of sp³-hybridized carbons (Fsp3) is 0.429. The monoisotopic (exact) mass is 302 g/mol. The summed E-state index contributed by atoms with van der Waals surface area (Å²) in [7, 11) is 0. The number of nitrogens with two attached hydrogens (primary N) is 1. The highest BCUT2D eigenvalue weighted by Gasteiger charge is 2.30. The SMILES string of the molecule is CC(C)[C@H](NC(=O)Cc1ccc(C(F)(F)F)cc1)C(N)=O. The molecule has 0 aromatic heterocycles. The smallest absolute Gasteiger partial charge is 0.368 e. The number of carbonyl (C=O) groups is 2. The summed E-state index contributed by atoms with van der Waals surface area (Å²) in [5.74, 6) is -1.28. The zero-order valence-corrected chi connectivity index (χ0v) is 11.7. The molecule has 0 unspecified atom stereocenters. The van der Waals surface area contributed by atoms with Crippen molar-refractivity contribution < 1.29 is 22.8 Å². The zero-order chi connectivity index (χ0) is 16.2. The van der Waals surface area contributed by atoms with Gasteiger partial charge in [0.05, 0.1) is 12.0 Å².